The molecule has 0 atom stereocenters. The lowest BCUT2D eigenvalue weighted by molar-refractivity contribution is 0.167. The van der Waals surface area contributed by atoms with E-state index >= 15 is 0 Å². The van der Waals surface area contributed by atoms with Gasteiger partial charge in [0.05, 0.1) is 6.61 Å². The van der Waals surface area contributed by atoms with Gasteiger partial charge in [-0.05, 0) is 19.1 Å². The first kappa shape index (κ1) is 11.7. The number of halogens is 3. The second kappa shape index (κ2) is 4.93. The second-order valence-electron chi connectivity index (χ2n) is 2.59. The molecule has 1 N–H and O–H groups in total. The maximum absolute atomic E-state index is 13.1. The van der Waals surface area contributed by atoms with Crippen molar-refractivity contribution < 1.29 is 18.3 Å². The zero-order valence-electron chi connectivity index (χ0n) is 7.81. The monoisotopic (exact) mass is 235 g/mol. The standard InChI is InChI=1S/C9H8ClF2NO2/c1-2-15-9(14)13-8-6(11)3-5(10)4-7(8)12/h3-4H,2H2,1H3,(H,13,14). The van der Waals surface area contributed by atoms with Crippen molar-refractivity contribution in [1.29, 1.82) is 0 Å². The molecule has 6 heteroatoms. The molecule has 82 valence electrons. The zero-order chi connectivity index (χ0) is 11.4. The number of hydrogen-bond acceptors (Lipinski definition) is 2. The van der Waals surface area contributed by atoms with Crippen molar-refractivity contribution in [2.45, 2.75) is 6.92 Å². The fraction of sp³-hybridized carbons (Fsp3) is 0.222. The maximum Gasteiger partial charge on any atom is 0.411 e. The summed E-state index contributed by atoms with van der Waals surface area (Å²) in [5, 5.41) is 1.85. The molecule has 0 aliphatic carbocycles. The average Bonchev–Trinajstić information content (AvgIpc) is 2.11. The largest absolute Gasteiger partial charge is 0.450 e. The number of carbonyl (C=O) groups is 1. The van der Waals surface area contributed by atoms with Crippen LogP contribution >= 0.6 is 11.6 Å². The van der Waals surface area contributed by atoms with Crippen molar-refractivity contribution in [1.82, 2.24) is 0 Å². The minimum atomic E-state index is -0.951. The van der Waals surface area contributed by atoms with Crippen molar-refractivity contribution in [3.05, 3.63) is 28.8 Å². The van der Waals surface area contributed by atoms with Crippen LogP contribution in [0.4, 0.5) is 19.3 Å². The predicted molar refractivity (Wildman–Crippen MR) is 52.0 cm³/mol. The molecule has 0 radical (unpaired) electrons. The maximum atomic E-state index is 13.1. The molecule has 0 saturated heterocycles. The molecule has 0 aromatic heterocycles. The van der Waals surface area contributed by atoms with Crippen LogP contribution in [-0.2, 0) is 4.74 Å². The molecule has 1 amide bonds. The molecule has 3 nitrogen and oxygen atoms in total. The van der Waals surface area contributed by atoms with Gasteiger partial charge < -0.3 is 4.74 Å². The number of amides is 1. The zero-order valence-corrected chi connectivity index (χ0v) is 8.57. The molecule has 0 unspecified atom stereocenters. The van der Waals surface area contributed by atoms with Crippen LogP contribution in [0.1, 0.15) is 6.92 Å². The molecule has 0 aliphatic heterocycles. The van der Waals surface area contributed by atoms with Gasteiger partial charge in [-0.1, -0.05) is 11.6 Å². The molecule has 15 heavy (non-hydrogen) atoms. The Labute approximate surface area is 90.0 Å². The van der Waals surface area contributed by atoms with E-state index < -0.39 is 23.4 Å². The Kier molecular flexibility index (Phi) is 3.85. The summed E-state index contributed by atoms with van der Waals surface area (Å²) < 4.78 is 30.7. The topological polar surface area (TPSA) is 38.3 Å². The number of hydrogen-bond donors (Lipinski definition) is 1. The molecule has 0 heterocycles. The van der Waals surface area contributed by atoms with E-state index in [4.69, 9.17) is 11.6 Å². The molecule has 0 saturated carbocycles. The van der Waals surface area contributed by atoms with Crippen molar-refractivity contribution in [2.75, 3.05) is 11.9 Å². The summed E-state index contributed by atoms with van der Waals surface area (Å²) in [6.07, 6.45) is -0.919. The highest BCUT2D eigenvalue weighted by Crippen LogP contribution is 2.23. The van der Waals surface area contributed by atoms with E-state index in [0.29, 0.717) is 0 Å². The highest BCUT2D eigenvalue weighted by Gasteiger charge is 2.13. The molecule has 0 fully saturated rings. The molecule has 0 spiro atoms. The number of carbonyl (C=O) groups excluding carboxylic acids is 1. The lowest BCUT2D eigenvalue weighted by atomic mass is 10.3. The van der Waals surface area contributed by atoms with Crippen molar-refractivity contribution >= 4 is 23.4 Å². The van der Waals surface area contributed by atoms with E-state index in [-0.39, 0.29) is 11.6 Å². The minimum Gasteiger partial charge on any atom is -0.450 e. The number of rotatable bonds is 2. The van der Waals surface area contributed by atoms with Crippen LogP contribution in [0.3, 0.4) is 0 Å². The lowest BCUT2D eigenvalue weighted by Crippen LogP contribution is -2.15. The highest BCUT2D eigenvalue weighted by molar-refractivity contribution is 6.30. The van der Waals surface area contributed by atoms with Gasteiger partial charge in [-0.15, -0.1) is 0 Å². The molecule has 0 aliphatic rings. The van der Waals surface area contributed by atoms with Gasteiger partial charge in [0.25, 0.3) is 0 Å². The Bertz CT molecular complexity index is 361. The lowest BCUT2D eigenvalue weighted by Gasteiger charge is -2.07. The Morgan fingerprint density at radius 1 is 1.47 bits per heavy atom. The highest BCUT2D eigenvalue weighted by atomic mass is 35.5. The summed E-state index contributed by atoms with van der Waals surface area (Å²) in [4.78, 5) is 10.9. The van der Waals surface area contributed by atoms with Gasteiger partial charge in [0, 0.05) is 5.02 Å². The van der Waals surface area contributed by atoms with Crippen LogP contribution in [0.5, 0.6) is 0 Å². The number of benzene rings is 1. The molecular formula is C9H8ClF2NO2. The number of ether oxygens (including phenoxy) is 1. The van der Waals surface area contributed by atoms with E-state index in [0.717, 1.165) is 12.1 Å². The van der Waals surface area contributed by atoms with E-state index in [9.17, 15) is 13.6 Å². The third-order valence-corrected chi connectivity index (χ3v) is 1.73. The van der Waals surface area contributed by atoms with E-state index in [1.54, 1.807) is 6.92 Å². The van der Waals surface area contributed by atoms with Crippen LogP contribution < -0.4 is 5.32 Å². The summed E-state index contributed by atoms with van der Waals surface area (Å²) in [6, 6.07) is 1.79. The summed E-state index contributed by atoms with van der Waals surface area (Å²) in [7, 11) is 0. The van der Waals surface area contributed by atoms with Gasteiger partial charge in [0.2, 0.25) is 0 Å². The Morgan fingerprint density at radius 3 is 2.47 bits per heavy atom. The number of nitrogens with one attached hydrogen (secondary N) is 1. The van der Waals surface area contributed by atoms with Gasteiger partial charge in [-0.3, -0.25) is 5.32 Å². The minimum absolute atomic E-state index is 0.0839. The summed E-state index contributed by atoms with van der Waals surface area (Å²) >= 11 is 5.40. The molecule has 1 aromatic carbocycles. The van der Waals surface area contributed by atoms with Gasteiger partial charge in [-0.25, -0.2) is 13.6 Å². The van der Waals surface area contributed by atoms with Gasteiger partial charge in [0.15, 0.2) is 11.6 Å². The molecular weight excluding hydrogens is 228 g/mol. The van der Waals surface area contributed by atoms with Gasteiger partial charge in [0.1, 0.15) is 5.69 Å². The summed E-state index contributed by atoms with van der Waals surface area (Å²) in [6.45, 7) is 1.69. The van der Waals surface area contributed by atoms with Crippen LogP contribution in [-0.4, -0.2) is 12.7 Å². The van der Waals surface area contributed by atoms with Crippen molar-refractivity contribution in [3.8, 4) is 0 Å². The first-order valence-corrected chi connectivity index (χ1v) is 4.50. The normalized spacial score (nSPS) is 9.87. The predicted octanol–water partition coefficient (Wildman–Crippen LogP) is 3.19. The van der Waals surface area contributed by atoms with Crippen LogP contribution in [0.15, 0.2) is 12.1 Å². The van der Waals surface area contributed by atoms with Crippen LogP contribution in [0.25, 0.3) is 0 Å². The quantitative estimate of drug-likeness (QED) is 0.855. The van der Waals surface area contributed by atoms with Crippen LogP contribution in [0, 0.1) is 11.6 Å². The van der Waals surface area contributed by atoms with E-state index in [2.05, 4.69) is 4.74 Å². The fourth-order valence-electron chi connectivity index (χ4n) is 0.931. The third-order valence-electron chi connectivity index (χ3n) is 1.51. The van der Waals surface area contributed by atoms with Crippen molar-refractivity contribution in [2.24, 2.45) is 0 Å². The second-order valence-corrected chi connectivity index (χ2v) is 3.03. The Balaban J connectivity index is 2.90. The average molecular weight is 236 g/mol. The van der Waals surface area contributed by atoms with E-state index in [1.165, 1.54) is 0 Å². The number of anilines is 1. The van der Waals surface area contributed by atoms with Crippen molar-refractivity contribution in [3.63, 3.8) is 0 Å². The summed E-state index contributed by atoms with van der Waals surface area (Å²) in [5.41, 5.74) is -0.571. The van der Waals surface area contributed by atoms with E-state index in [1.807, 2.05) is 5.32 Å². The first-order chi connectivity index (χ1) is 7.04. The van der Waals surface area contributed by atoms with Gasteiger partial charge >= 0.3 is 6.09 Å². The molecule has 1 aromatic rings. The smallest absolute Gasteiger partial charge is 0.411 e. The van der Waals surface area contributed by atoms with Crippen LogP contribution in [0.2, 0.25) is 5.02 Å². The fourth-order valence-corrected chi connectivity index (χ4v) is 1.12. The third kappa shape index (κ3) is 3.06. The SMILES string of the molecule is CCOC(=O)Nc1c(F)cc(Cl)cc1F. The summed E-state index contributed by atoms with van der Waals surface area (Å²) in [5.74, 6) is -1.90. The Hall–Kier alpha value is -1.36. The molecule has 0 bridgehead atoms. The van der Waals surface area contributed by atoms with Gasteiger partial charge in [-0.2, -0.15) is 0 Å². The molecule has 1 rings (SSSR count). The first-order valence-electron chi connectivity index (χ1n) is 4.13. The Morgan fingerprint density at radius 2 is 2.00 bits per heavy atom.